The molecule has 3 aromatic rings. The summed E-state index contributed by atoms with van der Waals surface area (Å²) in [6.45, 7) is 3.44. The highest BCUT2D eigenvalue weighted by atomic mass is 32.2. The van der Waals surface area contributed by atoms with Gasteiger partial charge < -0.3 is 95.8 Å². The normalized spacial score (nSPS) is 13.5. The first-order valence-electron chi connectivity index (χ1n) is 30.9. The standard InChI is InChI=1S/C61H89N17O13S/c1-2-3-6-17-49(81)75-43(14-11-28-71-58(63)64)54(86)69-26-9-4-7-18-50(82)76-44(15-12-29-72-59(65)66)55(87)70-27-10-5-8-19-51(83)77-45(16-13-30-73-60(67)68)56(88)78-46(53(62)85)34-92-35-52(84)74-36-20-23-39-42(31-36)61(91-57(39)89)40-24-21-37(79)32-47(40)90-48-33-38(80)22-25-41(48)61/h20-25,31-33,43-46,79-80H,2-19,26-30,34-35H2,1H3,(H2,62,85)(H,69,86)(H,70,87)(H,74,84)(H,75,81)(H,76,82)(H,77,83)(H,78,88)(H4,63,64,71)(H4,65,66,72)(H4,67,68,73). The number of fused-ring (bicyclic) bond motifs is 6. The fraction of sp³-hybridized carbons (Fsp3) is 0.508. The van der Waals surface area contributed by atoms with Crippen LogP contribution < -0.4 is 80.8 Å². The number of esters is 1. The summed E-state index contributed by atoms with van der Waals surface area (Å²) in [5.41, 5.74) is 22.0. The Hall–Kier alpha value is -9.55. The number of hydrogen-bond donors (Lipinski definition) is 19. The minimum absolute atomic E-state index is 0.000488. The number of nitrogens with two attached hydrogens (primary N) is 4. The molecule has 30 nitrogen and oxygen atoms in total. The van der Waals surface area contributed by atoms with E-state index in [1.165, 1.54) is 36.4 Å². The van der Waals surface area contributed by atoms with E-state index < -0.39 is 65.3 Å². The van der Waals surface area contributed by atoms with Gasteiger partial charge in [-0.25, -0.2) is 4.79 Å². The summed E-state index contributed by atoms with van der Waals surface area (Å²) in [5.74, 6) is -5.51. The lowest BCUT2D eigenvalue weighted by molar-refractivity contribution is -0.131. The Bertz CT molecular complexity index is 3060. The van der Waals surface area contributed by atoms with Crippen molar-refractivity contribution in [2.75, 3.05) is 49.5 Å². The molecule has 92 heavy (non-hydrogen) atoms. The molecule has 23 N–H and O–H groups in total. The fourth-order valence-electron chi connectivity index (χ4n) is 10.3. The lowest BCUT2D eigenvalue weighted by Gasteiger charge is -2.36. The second kappa shape index (κ2) is 37.6. The summed E-state index contributed by atoms with van der Waals surface area (Å²) in [6.07, 6.45) is 7.80. The van der Waals surface area contributed by atoms with Crippen molar-refractivity contribution in [3.05, 3.63) is 76.9 Å². The molecule has 0 fully saturated rings. The molecule has 2 aliphatic heterocycles. The summed E-state index contributed by atoms with van der Waals surface area (Å²) >= 11 is 0.992. The molecule has 5 rings (SSSR count). The van der Waals surface area contributed by atoms with Gasteiger partial charge in [0, 0.05) is 92.2 Å². The summed E-state index contributed by atoms with van der Waals surface area (Å²) in [5, 5.41) is 70.3. The van der Waals surface area contributed by atoms with Crippen molar-refractivity contribution in [1.82, 2.24) is 47.9 Å². The van der Waals surface area contributed by atoms with Crippen LogP contribution in [0, 0.1) is 16.2 Å². The van der Waals surface area contributed by atoms with Crippen molar-refractivity contribution in [1.29, 1.82) is 16.2 Å². The topological polar surface area (TPSA) is 508 Å². The van der Waals surface area contributed by atoms with E-state index in [0.717, 1.165) is 31.0 Å². The van der Waals surface area contributed by atoms with E-state index in [2.05, 4.69) is 53.2 Å². The molecule has 0 aliphatic carbocycles. The van der Waals surface area contributed by atoms with Gasteiger partial charge in [0.1, 0.15) is 47.2 Å². The second-order valence-corrected chi connectivity index (χ2v) is 23.3. The number of anilines is 1. The molecule has 8 amide bonds. The second-order valence-electron chi connectivity index (χ2n) is 22.3. The number of amides is 8. The van der Waals surface area contributed by atoms with Gasteiger partial charge in [0.2, 0.25) is 47.3 Å². The van der Waals surface area contributed by atoms with E-state index >= 15 is 0 Å². The van der Waals surface area contributed by atoms with Gasteiger partial charge in [-0.3, -0.25) is 54.6 Å². The van der Waals surface area contributed by atoms with E-state index in [9.17, 15) is 53.4 Å². The zero-order chi connectivity index (χ0) is 67.2. The predicted molar refractivity (Wildman–Crippen MR) is 345 cm³/mol. The SMILES string of the molecule is CCCCCC(=O)NC(CCCNC(=N)N)C(=O)NCCCCCC(=O)NC(CCCNC(=N)N)C(=O)NCCCCCC(=O)NC(CCCNC(=N)N)C(=O)NC(CSCC(=O)Nc1ccc2c(c1)C1(OC2=O)c2ccc(O)cc2Oc2cc(O)ccc21)C(N)=O. The zero-order valence-corrected chi connectivity index (χ0v) is 52.6. The number of hydrogen-bond acceptors (Lipinski definition) is 17. The van der Waals surface area contributed by atoms with Gasteiger partial charge in [0.25, 0.3) is 0 Å². The van der Waals surface area contributed by atoms with Gasteiger partial charge in [0.05, 0.1) is 11.3 Å². The number of ether oxygens (including phenoxy) is 2. The molecular weight excluding hydrogens is 1210 g/mol. The van der Waals surface area contributed by atoms with E-state index in [-0.39, 0.29) is 127 Å². The highest BCUT2D eigenvalue weighted by Gasteiger charge is 2.54. The van der Waals surface area contributed by atoms with Crippen LogP contribution in [0.5, 0.6) is 23.0 Å². The molecule has 1 spiro atoms. The van der Waals surface area contributed by atoms with Crippen molar-refractivity contribution in [3.8, 4) is 23.0 Å². The van der Waals surface area contributed by atoms with Gasteiger partial charge in [-0.05, 0) is 113 Å². The van der Waals surface area contributed by atoms with Crippen LogP contribution in [0.1, 0.15) is 150 Å². The van der Waals surface area contributed by atoms with E-state index in [1.54, 1.807) is 18.2 Å². The van der Waals surface area contributed by atoms with Crippen LogP contribution in [0.4, 0.5) is 5.69 Å². The van der Waals surface area contributed by atoms with Crippen LogP contribution in [-0.2, 0) is 48.7 Å². The number of nitrogens with one attached hydrogen (secondary N) is 13. The Morgan fingerprint density at radius 3 is 1.40 bits per heavy atom. The predicted octanol–water partition coefficient (Wildman–Crippen LogP) is 1.49. The lowest BCUT2D eigenvalue weighted by atomic mass is 9.77. The molecule has 4 unspecified atom stereocenters. The first kappa shape index (κ1) is 73.2. The van der Waals surface area contributed by atoms with Crippen LogP contribution >= 0.6 is 11.8 Å². The summed E-state index contributed by atoms with van der Waals surface area (Å²) in [7, 11) is 0. The third kappa shape index (κ3) is 23.7. The highest BCUT2D eigenvalue weighted by molar-refractivity contribution is 8.00. The molecule has 0 aromatic heterocycles. The minimum Gasteiger partial charge on any atom is -0.508 e. The third-order valence-corrected chi connectivity index (χ3v) is 15.9. The van der Waals surface area contributed by atoms with Gasteiger partial charge in [-0.1, -0.05) is 32.6 Å². The van der Waals surface area contributed by atoms with Crippen molar-refractivity contribution in [3.63, 3.8) is 0 Å². The minimum atomic E-state index is -1.58. The van der Waals surface area contributed by atoms with Crippen LogP contribution in [-0.4, -0.2) is 150 Å². The van der Waals surface area contributed by atoms with Crippen molar-refractivity contribution < 1.29 is 62.8 Å². The number of unbranched alkanes of at least 4 members (excludes halogenated alkanes) is 6. The number of phenolic OH excluding ortho intramolecular Hbond substituents is 2. The maximum Gasteiger partial charge on any atom is 0.340 e. The zero-order valence-electron chi connectivity index (χ0n) is 51.8. The molecule has 0 radical (unpaired) electrons. The Labute approximate surface area is 538 Å². The van der Waals surface area contributed by atoms with E-state index in [0.29, 0.717) is 101 Å². The molecule has 0 saturated carbocycles. The fourth-order valence-corrected chi connectivity index (χ4v) is 11.1. The molecule has 4 atom stereocenters. The Morgan fingerprint density at radius 1 is 0.511 bits per heavy atom. The lowest BCUT2D eigenvalue weighted by Crippen LogP contribution is -2.54. The van der Waals surface area contributed by atoms with Gasteiger partial charge >= 0.3 is 5.97 Å². The number of rotatable bonds is 41. The highest BCUT2D eigenvalue weighted by Crippen LogP contribution is 2.57. The summed E-state index contributed by atoms with van der Waals surface area (Å²) in [4.78, 5) is 119. The van der Waals surface area contributed by atoms with Crippen molar-refractivity contribution in [2.24, 2.45) is 22.9 Å². The van der Waals surface area contributed by atoms with E-state index in [4.69, 9.17) is 48.6 Å². The summed E-state index contributed by atoms with van der Waals surface area (Å²) in [6, 6.07) is 9.20. The maximum atomic E-state index is 13.7. The van der Waals surface area contributed by atoms with Crippen LogP contribution in [0.3, 0.4) is 0 Å². The van der Waals surface area contributed by atoms with Crippen LogP contribution in [0.2, 0.25) is 0 Å². The number of benzene rings is 3. The van der Waals surface area contributed by atoms with Crippen LogP contribution in [0.25, 0.3) is 0 Å². The first-order chi connectivity index (χ1) is 44.0. The Balaban J connectivity index is 1.06. The molecule has 31 heteroatoms. The van der Waals surface area contributed by atoms with E-state index in [1.807, 2.05) is 6.92 Å². The van der Waals surface area contributed by atoms with Crippen molar-refractivity contribution in [2.45, 2.75) is 152 Å². The van der Waals surface area contributed by atoms with Gasteiger partial charge in [-0.15, -0.1) is 11.8 Å². The molecule has 0 bridgehead atoms. The molecule has 3 aromatic carbocycles. The maximum absolute atomic E-state index is 13.7. The number of aromatic hydroxyl groups is 2. The number of carbonyl (C=O) groups excluding carboxylic acids is 9. The third-order valence-electron chi connectivity index (χ3n) is 14.9. The monoisotopic (exact) mass is 1300 g/mol. The van der Waals surface area contributed by atoms with Crippen LogP contribution in [0.15, 0.2) is 54.6 Å². The molecule has 502 valence electrons. The number of carbonyl (C=O) groups is 9. The number of guanidine groups is 3. The smallest absolute Gasteiger partial charge is 0.340 e. The number of thioether (sulfide) groups is 1. The average molecular weight is 1300 g/mol. The quantitative estimate of drug-likeness (QED) is 0.0166. The molecule has 2 heterocycles. The average Bonchev–Trinajstić information content (AvgIpc) is 1.45. The Kier molecular flexibility index (Phi) is 29.9. The van der Waals surface area contributed by atoms with Crippen molar-refractivity contribution >= 4 is 88.6 Å². The van der Waals surface area contributed by atoms with Gasteiger partial charge in [-0.2, -0.15) is 0 Å². The number of primary amides is 1. The number of phenols is 2. The molecule has 2 aliphatic rings. The molecule has 0 saturated heterocycles. The largest absolute Gasteiger partial charge is 0.508 e. The Morgan fingerprint density at radius 2 is 0.957 bits per heavy atom. The van der Waals surface area contributed by atoms with Gasteiger partial charge in [0.15, 0.2) is 23.5 Å². The first-order valence-corrected chi connectivity index (χ1v) is 32.0. The summed E-state index contributed by atoms with van der Waals surface area (Å²) < 4.78 is 12.1. The molecular formula is C61H89N17O13S.